The zero-order valence-electron chi connectivity index (χ0n) is 11.9. The van der Waals surface area contributed by atoms with Gasteiger partial charge >= 0.3 is 0 Å². The van der Waals surface area contributed by atoms with E-state index in [2.05, 4.69) is 5.32 Å². The van der Waals surface area contributed by atoms with E-state index in [4.69, 9.17) is 13.9 Å². The van der Waals surface area contributed by atoms with Gasteiger partial charge in [0.2, 0.25) is 12.2 Å². The number of para-hydroxylation sites is 1. The summed E-state index contributed by atoms with van der Waals surface area (Å²) in [7, 11) is 0. The number of benzene rings is 2. The highest BCUT2D eigenvalue weighted by molar-refractivity contribution is 6.05. The lowest BCUT2D eigenvalue weighted by Gasteiger charge is -2.06. The average Bonchev–Trinajstić information content (AvgIpc) is 3.03. The summed E-state index contributed by atoms with van der Waals surface area (Å²) < 4.78 is 15.8. The fourth-order valence-corrected chi connectivity index (χ4v) is 2.41. The van der Waals surface area contributed by atoms with Gasteiger partial charge in [0.05, 0.1) is 5.39 Å². The van der Waals surface area contributed by atoms with Gasteiger partial charge in [0.1, 0.15) is 17.4 Å². The SMILES string of the molecule is O=C(Nc1ccc2c(c1)OCO2)c1coc2ccccc2c1=O. The monoisotopic (exact) mass is 309 g/mol. The summed E-state index contributed by atoms with van der Waals surface area (Å²) in [6.07, 6.45) is 1.17. The molecule has 0 bridgehead atoms. The highest BCUT2D eigenvalue weighted by atomic mass is 16.7. The maximum atomic E-state index is 12.4. The van der Waals surface area contributed by atoms with Gasteiger partial charge in [-0.3, -0.25) is 9.59 Å². The van der Waals surface area contributed by atoms with Gasteiger partial charge in [0, 0.05) is 11.8 Å². The molecular weight excluding hydrogens is 298 g/mol. The van der Waals surface area contributed by atoms with Crippen molar-refractivity contribution >= 4 is 22.6 Å². The fourth-order valence-electron chi connectivity index (χ4n) is 2.41. The first-order valence-electron chi connectivity index (χ1n) is 6.94. The molecule has 2 heterocycles. The molecule has 1 N–H and O–H groups in total. The van der Waals surface area contributed by atoms with E-state index in [0.29, 0.717) is 28.2 Å². The second-order valence-corrected chi connectivity index (χ2v) is 5.00. The number of amides is 1. The Kier molecular flexibility index (Phi) is 3.01. The number of carbonyl (C=O) groups excluding carboxylic acids is 1. The van der Waals surface area contributed by atoms with Crippen LogP contribution >= 0.6 is 0 Å². The molecule has 0 spiro atoms. The number of ether oxygens (including phenoxy) is 2. The topological polar surface area (TPSA) is 77.8 Å². The molecule has 0 saturated carbocycles. The van der Waals surface area contributed by atoms with E-state index in [1.807, 2.05) is 0 Å². The van der Waals surface area contributed by atoms with Crippen LogP contribution in [0.2, 0.25) is 0 Å². The first kappa shape index (κ1) is 13.4. The average molecular weight is 309 g/mol. The fraction of sp³-hybridized carbons (Fsp3) is 0.0588. The second kappa shape index (κ2) is 5.17. The van der Waals surface area contributed by atoms with Crippen LogP contribution in [0.5, 0.6) is 11.5 Å². The molecular formula is C17H11NO5. The summed E-state index contributed by atoms with van der Waals surface area (Å²) in [5.41, 5.74) is 0.524. The van der Waals surface area contributed by atoms with Crippen molar-refractivity contribution in [3.05, 3.63) is 64.5 Å². The highest BCUT2D eigenvalue weighted by Crippen LogP contribution is 2.34. The highest BCUT2D eigenvalue weighted by Gasteiger charge is 2.17. The van der Waals surface area contributed by atoms with Gasteiger partial charge in [-0.05, 0) is 24.3 Å². The number of rotatable bonds is 2. The lowest BCUT2D eigenvalue weighted by Crippen LogP contribution is -2.21. The third-order valence-corrected chi connectivity index (χ3v) is 3.56. The predicted molar refractivity (Wildman–Crippen MR) is 83.0 cm³/mol. The third kappa shape index (κ3) is 2.30. The zero-order valence-corrected chi connectivity index (χ0v) is 11.9. The summed E-state index contributed by atoms with van der Waals surface area (Å²) >= 11 is 0. The van der Waals surface area contributed by atoms with Gasteiger partial charge in [-0.2, -0.15) is 0 Å². The molecule has 0 unspecified atom stereocenters. The third-order valence-electron chi connectivity index (χ3n) is 3.56. The van der Waals surface area contributed by atoms with Crippen molar-refractivity contribution in [2.24, 2.45) is 0 Å². The van der Waals surface area contributed by atoms with E-state index >= 15 is 0 Å². The standard InChI is InChI=1S/C17H11NO5/c19-16-11-3-1-2-4-13(11)21-8-12(16)17(20)18-10-5-6-14-15(7-10)23-9-22-14/h1-8H,9H2,(H,18,20). The molecule has 0 atom stereocenters. The number of anilines is 1. The van der Waals surface area contributed by atoms with Crippen LogP contribution in [0.4, 0.5) is 5.69 Å². The van der Waals surface area contributed by atoms with Crippen LogP contribution in [0.1, 0.15) is 10.4 Å². The van der Waals surface area contributed by atoms with Crippen molar-refractivity contribution in [2.45, 2.75) is 0 Å². The van der Waals surface area contributed by atoms with Crippen LogP contribution in [0.3, 0.4) is 0 Å². The number of nitrogens with one attached hydrogen (secondary N) is 1. The Morgan fingerprint density at radius 2 is 1.87 bits per heavy atom. The first-order valence-corrected chi connectivity index (χ1v) is 6.94. The van der Waals surface area contributed by atoms with Gasteiger partial charge in [0.25, 0.3) is 5.91 Å². The van der Waals surface area contributed by atoms with Crippen LogP contribution in [0.25, 0.3) is 11.0 Å². The Labute approximate surface area is 130 Å². The quantitative estimate of drug-likeness (QED) is 0.787. The van der Waals surface area contributed by atoms with Crippen LogP contribution < -0.4 is 20.2 Å². The van der Waals surface area contributed by atoms with Gasteiger partial charge in [-0.25, -0.2) is 0 Å². The summed E-state index contributed by atoms with van der Waals surface area (Å²) in [5, 5.41) is 3.03. The Morgan fingerprint density at radius 3 is 2.78 bits per heavy atom. The minimum atomic E-state index is -0.539. The Bertz CT molecular complexity index is 976. The summed E-state index contributed by atoms with van der Waals surface area (Å²) in [6.45, 7) is 0.154. The maximum absolute atomic E-state index is 12.4. The lowest BCUT2D eigenvalue weighted by molar-refractivity contribution is 0.102. The van der Waals surface area contributed by atoms with Gasteiger partial charge in [0.15, 0.2) is 11.5 Å². The van der Waals surface area contributed by atoms with Crippen molar-refractivity contribution in [1.29, 1.82) is 0 Å². The molecule has 0 fully saturated rings. The molecule has 6 nitrogen and oxygen atoms in total. The van der Waals surface area contributed by atoms with Crippen molar-refractivity contribution in [2.75, 3.05) is 12.1 Å². The minimum Gasteiger partial charge on any atom is -0.463 e. The minimum absolute atomic E-state index is 0.0543. The molecule has 1 aromatic heterocycles. The Morgan fingerprint density at radius 1 is 1.04 bits per heavy atom. The second-order valence-electron chi connectivity index (χ2n) is 5.00. The van der Waals surface area contributed by atoms with Crippen molar-refractivity contribution in [1.82, 2.24) is 0 Å². The normalized spacial score (nSPS) is 12.3. The molecule has 1 aliphatic rings. The first-order chi connectivity index (χ1) is 11.2. The summed E-state index contributed by atoms with van der Waals surface area (Å²) in [4.78, 5) is 24.7. The van der Waals surface area contributed by atoms with Crippen molar-refractivity contribution in [3.8, 4) is 11.5 Å². The number of hydrogen-bond acceptors (Lipinski definition) is 5. The smallest absolute Gasteiger partial charge is 0.262 e. The van der Waals surface area contributed by atoms with Gasteiger partial charge in [-0.1, -0.05) is 12.1 Å². The van der Waals surface area contributed by atoms with E-state index in [0.717, 1.165) is 0 Å². The number of hydrogen-bond donors (Lipinski definition) is 1. The van der Waals surface area contributed by atoms with Crippen molar-refractivity contribution < 1.29 is 18.7 Å². The largest absolute Gasteiger partial charge is 0.463 e. The molecule has 2 aromatic carbocycles. The maximum Gasteiger partial charge on any atom is 0.262 e. The van der Waals surface area contributed by atoms with E-state index in [-0.39, 0.29) is 17.8 Å². The summed E-state index contributed by atoms with van der Waals surface area (Å²) in [5.74, 6) is 0.630. The van der Waals surface area contributed by atoms with Crippen LogP contribution in [0, 0.1) is 0 Å². The van der Waals surface area contributed by atoms with E-state index in [1.54, 1.807) is 42.5 Å². The molecule has 0 saturated heterocycles. The molecule has 23 heavy (non-hydrogen) atoms. The zero-order chi connectivity index (χ0) is 15.8. The number of carbonyl (C=O) groups is 1. The van der Waals surface area contributed by atoms with Crippen LogP contribution in [0.15, 0.2) is 57.9 Å². The molecule has 1 amide bonds. The Hall–Kier alpha value is -3.28. The van der Waals surface area contributed by atoms with Crippen LogP contribution in [-0.2, 0) is 0 Å². The van der Waals surface area contributed by atoms with E-state index in [9.17, 15) is 9.59 Å². The molecule has 114 valence electrons. The Balaban J connectivity index is 1.67. The molecule has 6 heteroatoms. The van der Waals surface area contributed by atoms with E-state index in [1.165, 1.54) is 6.26 Å². The predicted octanol–water partition coefficient (Wildman–Crippen LogP) is 2.77. The molecule has 0 aliphatic carbocycles. The molecule has 3 aromatic rings. The summed E-state index contributed by atoms with van der Waals surface area (Å²) in [6, 6.07) is 11.8. The number of fused-ring (bicyclic) bond motifs is 2. The van der Waals surface area contributed by atoms with Gasteiger partial charge < -0.3 is 19.2 Å². The van der Waals surface area contributed by atoms with Crippen LogP contribution in [-0.4, -0.2) is 12.7 Å². The molecule has 0 radical (unpaired) electrons. The van der Waals surface area contributed by atoms with Crippen molar-refractivity contribution in [3.63, 3.8) is 0 Å². The van der Waals surface area contributed by atoms with Gasteiger partial charge in [-0.15, -0.1) is 0 Å². The molecule has 4 rings (SSSR count). The molecule has 1 aliphatic heterocycles. The van der Waals surface area contributed by atoms with E-state index < -0.39 is 5.91 Å². The lowest BCUT2D eigenvalue weighted by atomic mass is 10.1.